The average molecular weight is 400 g/mol. The maximum absolute atomic E-state index is 10.9. The molecular weight excluding hydrogens is 378 g/mol. The molecule has 1 saturated carbocycles. The van der Waals surface area contributed by atoms with Gasteiger partial charge in [0.25, 0.3) is 0 Å². The third kappa shape index (κ3) is 4.80. The average Bonchev–Trinajstić information content (AvgIpc) is 2.59. The number of likely N-dealkylation sites (tertiary alicyclic amines) is 1. The van der Waals surface area contributed by atoms with Crippen LogP contribution in [0.3, 0.4) is 0 Å². The quantitative estimate of drug-likeness (QED) is 0.836. The highest BCUT2D eigenvalue weighted by atomic mass is 79.9. The van der Waals surface area contributed by atoms with Crippen molar-refractivity contribution in [2.24, 2.45) is 0 Å². The van der Waals surface area contributed by atoms with Gasteiger partial charge in [0.1, 0.15) is 10.7 Å². The van der Waals surface area contributed by atoms with Crippen LogP contribution in [0.15, 0.2) is 16.7 Å². The Morgan fingerprint density at radius 3 is 2.25 bits per heavy atom. The molecule has 24 heavy (non-hydrogen) atoms. The van der Waals surface area contributed by atoms with Crippen LogP contribution in [-0.4, -0.2) is 57.7 Å². The van der Waals surface area contributed by atoms with Crippen LogP contribution < -0.4 is 4.74 Å². The smallest absolute Gasteiger partial charge is 0.407 e. The van der Waals surface area contributed by atoms with E-state index in [9.17, 15) is 4.79 Å². The molecule has 0 radical (unpaired) electrons. The predicted octanol–water partition coefficient (Wildman–Crippen LogP) is 3.09. The number of ether oxygens (including phenoxy) is 2. The van der Waals surface area contributed by atoms with Crippen molar-refractivity contribution in [1.82, 2.24) is 15.1 Å². The Morgan fingerprint density at radius 1 is 1.04 bits per heavy atom. The summed E-state index contributed by atoms with van der Waals surface area (Å²) < 4.78 is 12.7. The van der Waals surface area contributed by atoms with E-state index in [4.69, 9.17) is 14.6 Å². The van der Waals surface area contributed by atoms with Gasteiger partial charge in [0, 0.05) is 19.2 Å². The molecule has 0 unspecified atom stereocenters. The fourth-order valence-corrected chi connectivity index (χ4v) is 3.49. The van der Waals surface area contributed by atoms with Crippen LogP contribution >= 0.6 is 15.9 Å². The number of piperidine rings is 1. The third-order valence-electron chi connectivity index (χ3n) is 4.61. The summed E-state index contributed by atoms with van der Waals surface area (Å²) in [4.78, 5) is 12.4. The van der Waals surface area contributed by atoms with Gasteiger partial charge in [-0.15, -0.1) is 10.2 Å². The Labute approximate surface area is 149 Å². The third-order valence-corrected chi connectivity index (χ3v) is 5.04. The highest BCUT2D eigenvalue weighted by molar-refractivity contribution is 9.10. The summed E-state index contributed by atoms with van der Waals surface area (Å²) >= 11 is 3.26. The highest BCUT2D eigenvalue weighted by Gasteiger charge is 2.28. The van der Waals surface area contributed by atoms with Crippen molar-refractivity contribution >= 4 is 22.0 Å². The predicted molar refractivity (Wildman–Crippen MR) is 90.1 cm³/mol. The van der Waals surface area contributed by atoms with E-state index in [1.165, 1.54) is 4.90 Å². The summed E-state index contributed by atoms with van der Waals surface area (Å²) in [6.45, 7) is 1.14. The first kappa shape index (κ1) is 17.4. The molecular formula is C16H22BrN3O4. The standard InChI is InChI=1S/C16H22BrN3O4/c17-14-5-6-15(19-18-14)24-12-3-1-11(2-4-12)23-13-7-9-20(10-8-13)16(21)22/h5-6,11-13H,1-4,7-10H2,(H,21,22). The molecule has 1 aliphatic heterocycles. The summed E-state index contributed by atoms with van der Waals surface area (Å²) in [5.74, 6) is 0.559. The first-order valence-electron chi connectivity index (χ1n) is 8.39. The van der Waals surface area contributed by atoms with Crippen molar-refractivity contribution in [2.45, 2.75) is 56.8 Å². The Hall–Kier alpha value is -1.41. The number of carboxylic acid groups (broad SMARTS) is 1. The topological polar surface area (TPSA) is 84.8 Å². The van der Waals surface area contributed by atoms with Gasteiger partial charge in [-0.1, -0.05) is 0 Å². The summed E-state index contributed by atoms with van der Waals surface area (Å²) in [6, 6.07) is 3.64. The highest BCUT2D eigenvalue weighted by Crippen LogP contribution is 2.27. The van der Waals surface area contributed by atoms with Crippen molar-refractivity contribution < 1.29 is 19.4 Å². The van der Waals surface area contributed by atoms with E-state index in [1.54, 1.807) is 0 Å². The molecule has 1 saturated heterocycles. The summed E-state index contributed by atoms with van der Waals surface area (Å²) in [5, 5.41) is 16.9. The second kappa shape index (κ2) is 8.11. The monoisotopic (exact) mass is 399 g/mol. The fraction of sp³-hybridized carbons (Fsp3) is 0.688. The molecule has 132 valence electrons. The Balaban J connectivity index is 1.38. The minimum Gasteiger partial charge on any atom is -0.473 e. The lowest BCUT2D eigenvalue weighted by Gasteiger charge is -2.35. The van der Waals surface area contributed by atoms with E-state index in [0.29, 0.717) is 23.6 Å². The zero-order valence-electron chi connectivity index (χ0n) is 13.4. The number of rotatable bonds is 4. The number of hydrogen-bond donors (Lipinski definition) is 1. The van der Waals surface area contributed by atoms with Gasteiger partial charge in [-0.2, -0.15) is 0 Å². The molecule has 7 nitrogen and oxygen atoms in total. The van der Waals surface area contributed by atoms with E-state index in [2.05, 4.69) is 26.1 Å². The van der Waals surface area contributed by atoms with Crippen molar-refractivity contribution in [3.63, 3.8) is 0 Å². The van der Waals surface area contributed by atoms with E-state index in [-0.39, 0.29) is 18.3 Å². The number of nitrogens with zero attached hydrogens (tertiary/aromatic N) is 3. The summed E-state index contributed by atoms with van der Waals surface area (Å²) in [7, 11) is 0. The molecule has 0 spiro atoms. The van der Waals surface area contributed by atoms with Crippen molar-refractivity contribution in [2.75, 3.05) is 13.1 Å². The zero-order chi connectivity index (χ0) is 16.9. The number of carbonyl (C=O) groups is 1. The van der Waals surface area contributed by atoms with E-state index in [0.717, 1.165) is 38.5 Å². The summed E-state index contributed by atoms with van der Waals surface area (Å²) in [6.07, 6.45) is 5.15. The molecule has 0 aromatic carbocycles. The van der Waals surface area contributed by atoms with Gasteiger partial charge in [-0.3, -0.25) is 0 Å². The fourth-order valence-electron chi connectivity index (χ4n) is 3.28. The van der Waals surface area contributed by atoms with Gasteiger partial charge >= 0.3 is 6.09 Å². The van der Waals surface area contributed by atoms with Crippen molar-refractivity contribution in [1.29, 1.82) is 0 Å². The molecule has 2 heterocycles. The van der Waals surface area contributed by atoms with Crippen LogP contribution in [0, 0.1) is 0 Å². The molecule has 1 aromatic rings. The number of halogens is 1. The van der Waals surface area contributed by atoms with Gasteiger partial charge in [0.05, 0.1) is 12.2 Å². The van der Waals surface area contributed by atoms with Gasteiger partial charge in [0.15, 0.2) is 0 Å². The molecule has 3 rings (SSSR count). The zero-order valence-corrected chi connectivity index (χ0v) is 15.0. The molecule has 0 bridgehead atoms. The molecule has 1 amide bonds. The molecule has 1 aliphatic carbocycles. The maximum Gasteiger partial charge on any atom is 0.407 e. The molecule has 2 fully saturated rings. The Bertz CT molecular complexity index is 541. The van der Waals surface area contributed by atoms with Crippen LogP contribution in [0.2, 0.25) is 0 Å². The van der Waals surface area contributed by atoms with Gasteiger partial charge in [0.2, 0.25) is 5.88 Å². The van der Waals surface area contributed by atoms with Gasteiger partial charge in [-0.05, 0) is 60.5 Å². The van der Waals surface area contributed by atoms with Crippen molar-refractivity contribution in [3.8, 4) is 5.88 Å². The lowest BCUT2D eigenvalue weighted by atomic mass is 9.94. The SMILES string of the molecule is O=C(O)N1CCC(OC2CCC(Oc3ccc(Br)nn3)CC2)CC1. The van der Waals surface area contributed by atoms with Crippen LogP contribution in [0.1, 0.15) is 38.5 Å². The Kier molecular flexibility index (Phi) is 5.89. The largest absolute Gasteiger partial charge is 0.473 e. The number of amides is 1. The van der Waals surface area contributed by atoms with Gasteiger partial charge < -0.3 is 19.5 Å². The first-order chi connectivity index (χ1) is 11.6. The Morgan fingerprint density at radius 2 is 1.67 bits per heavy atom. The molecule has 2 aliphatic rings. The van der Waals surface area contributed by atoms with Crippen LogP contribution in [-0.2, 0) is 4.74 Å². The van der Waals surface area contributed by atoms with Crippen LogP contribution in [0.4, 0.5) is 4.79 Å². The lowest BCUT2D eigenvalue weighted by Crippen LogP contribution is -2.41. The van der Waals surface area contributed by atoms with E-state index < -0.39 is 6.09 Å². The molecule has 1 aromatic heterocycles. The van der Waals surface area contributed by atoms with Crippen molar-refractivity contribution in [3.05, 3.63) is 16.7 Å². The second-order valence-corrected chi connectivity index (χ2v) is 7.13. The molecule has 0 atom stereocenters. The number of hydrogen-bond acceptors (Lipinski definition) is 5. The molecule has 1 N–H and O–H groups in total. The molecule has 8 heteroatoms. The first-order valence-corrected chi connectivity index (χ1v) is 9.18. The second-order valence-electron chi connectivity index (χ2n) is 6.32. The summed E-state index contributed by atoms with van der Waals surface area (Å²) in [5.41, 5.74) is 0. The normalized spacial score (nSPS) is 25.5. The van der Waals surface area contributed by atoms with E-state index >= 15 is 0 Å². The van der Waals surface area contributed by atoms with Crippen LogP contribution in [0.25, 0.3) is 0 Å². The van der Waals surface area contributed by atoms with Crippen LogP contribution in [0.5, 0.6) is 5.88 Å². The minimum absolute atomic E-state index is 0.161. The lowest BCUT2D eigenvalue weighted by molar-refractivity contribution is -0.0644. The minimum atomic E-state index is -0.831. The number of aromatic nitrogens is 2. The van der Waals surface area contributed by atoms with E-state index in [1.807, 2.05) is 12.1 Å². The maximum atomic E-state index is 10.9. The van der Waals surface area contributed by atoms with Gasteiger partial charge in [-0.25, -0.2) is 4.79 Å².